The number of hydrogen-bond acceptors (Lipinski definition) is 4. The van der Waals surface area contributed by atoms with Crippen molar-refractivity contribution in [1.82, 2.24) is 15.5 Å². The zero-order valence-corrected chi connectivity index (χ0v) is 14.3. The molecule has 0 atom stereocenters. The molecular formula is C17H31N3O3. The van der Waals surface area contributed by atoms with E-state index in [1.54, 1.807) is 0 Å². The first-order valence-electron chi connectivity index (χ1n) is 9.07. The summed E-state index contributed by atoms with van der Waals surface area (Å²) in [5.74, 6) is -0.182. The monoisotopic (exact) mass is 325 g/mol. The molecule has 0 bridgehead atoms. The standard InChI is InChI=1S/C17H31N3O3/c1-2-14-4-6-15(7-5-14)19-17(22)16(21)18-8-3-9-20-10-12-23-13-11-20/h14-15H,2-13H2,1H3,(H,18,21)(H,19,22). The van der Waals surface area contributed by atoms with Gasteiger partial charge in [-0.2, -0.15) is 0 Å². The molecule has 2 N–H and O–H groups in total. The van der Waals surface area contributed by atoms with Crippen molar-refractivity contribution in [1.29, 1.82) is 0 Å². The molecule has 1 saturated carbocycles. The Kier molecular flexibility index (Phi) is 7.82. The van der Waals surface area contributed by atoms with Crippen LogP contribution in [0.2, 0.25) is 0 Å². The van der Waals surface area contributed by atoms with Gasteiger partial charge >= 0.3 is 11.8 Å². The number of morpholine rings is 1. The van der Waals surface area contributed by atoms with Crippen LogP contribution in [0.3, 0.4) is 0 Å². The zero-order chi connectivity index (χ0) is 16.5. The summed E-state index contributed by atoms with van der Waals surface area (Å²) in [4.78, 5) is 26.1. The predicted molar refractivity (Wildman–Crippen MR) is 89.1 cm³/mol. The molecule has 23 heavy (non-hydrogen) atoms. The molecule has 2 rings (SSSR count). The maximum absolute atomic E-state index is 11.9. The number of hydrogen-bond donors (Lipinski definition) is 2. The Morgan fingerprint density at radius 3 is 2.43 bits per heavy atom. The molecule has 0 aromatic heterocycles. The molecule has 0 aromatic rings. The van der Waals surface area contributed by atoms with Crippen molar-refractivity contribution in [2.24, 2.45) is 5.92 Å². The van der Waals surface area contributed by atoms with Gasteiger partial charge in [-0.3, -0.25) is 14.5 Å². The van der Waals surface area contributed by atoms with Crippen LogP contribution in [-0.2, 0) is 14.3 Å². The van der Waals surface area contributed by atoms with E-state index in [1.807, 2.05) is 0 Å². The molecule has 1 saturated heterocycles. The van der Waals surface area contributed by atoms with E-state index >= 15 is 0 Å². The Balaban J connectivity index is 1.55. The number of nitrogens with zero attached hydrogens (tertiary/aromatic N) is 1. The quantitative estimate of drug-likeness (QED) is 0.562. The van der Waals surface area contributed by atoms with Crippen molar-refractivity contribution >= 4 is 11.8 Å². The van der Waals surface area contributed by atoms with Gasteiger partial charge in [0.05, 0.1) is 13.2 Å². The predicted octanol–water partition coefficient (Wildman–Crippen LogP) is 0.910. The van der Waals surface area contributed by atoms with Crippen LogP contribution in [0.4, 0.5) is 0 Å². The second-order valence-electron chi connectivity index (χ2n) is 6.66. The van der Waals surface area contributed by atoms with Gasteiger partial charge in [0.15, 0.2) is 0 Å². The molecule has 2 aliphatic rings. The summed E-state index contributed by atoms with van der Waals surface area (Å²) in [6.45, 7) is 7.18. The lowest BCUT2D eigenvalue weighted by molar-refractivity contribution is -0.139. The van der Waals surface area contributed by atoms with Crippen molar-refractivity contribution in [3.63, 3.8) is 0 Å². The fourth-order valence-electron chi connectivity index (χ4n) is 3.38. The van der Waals surface area contributed by atoms with E-state index < -0.39 is 11.8 Å². The largest absolute Gasteiger partial charge is 0.379 e. The van der Waals surface area contributed by atoms with Crippen LogP contribution in [-0.4, -0.2) is 62.1 Å². The Morgan fingerprint density at radius 2 is 1.78 bits per heavy atom. The lowest BCUT2D eigenvalue weighted by Gasteiger charge is -2.28. The third-order valence-corrected chi connectivity index (χ3v) is 5.01. The summed E-state index contributed by atoms with van der Waals surface area (Å²) in [6, 6.07) is 0.171. The molecule has 6 nitrogen and oxygen atoms in total. The zero-order valence-electron chi connectivity index (χ0n) is 14.3. The third-order valence-electron chi connectivity index (χ3n) is 5.01. The van der Waals surface area contributed by atoms with Crippen LogP contribution in [0.25, 0.3) is 0 Å². The highest BCUT2D eigenvalue weighted by Gasteiger charge is 2.23. The van der Waals surface area contributed by atoms with Crippen molar-refractivity contribution in [3.05, 3.63) is 0 Å². The molecule has 2 fully saturated rings. The Hall–Kier alpha value is -1.14. The highest BCUT2D eigenvalue weighted by molar-refractivity contribution is 6.35. The molecule has 2 amide bonds. The summed E-state index contributed by atoms with van der Waals surface area (Å²) in [5, 5.41) is 5.60. The van der Waals surface area contributed by atoms with Crippen molar-refractivity contribution in [3.8, 4) is 0 Å². The van der Waals surface area contributed by atoms with Crippen molar-refractivity contribution < 1.29 is 14.3 Å². The lowest BCUT2D eigenvalue weighted by Crippen LogP contribution is -2.46. The highest BCUT2D eigenvalue weighted by atomic mass is 16.5. The SMILES string of the molecule is CCC1CCC(NC(=O)C(=O)NCCCN2CCOCC2)CC1. The molecule has 0 unspecified atom stereocenters. The number of ether oxygens (including phenoxy) is 1. The average Bonchev–Trinajstić information content (AvgIpc) is 2.60. The summed E-state index contributed by atoms with van der Waals surface area (Å²) in [5.41, 5.74) is 0. The number of amides is 2. The molecule has 132 valence electrons. The maximum Gasteiger partial charge on any atom is 0.309 e. The maximum atomic E-state index is 11.9. The molecule has 1 heterocycles. The minimum Gasteiger partial charge on any atom is -0.379 e. The van der Waals surface area contributed by atoms with E-state index in [0.717, 1.165) is 70.9 Å². The summed E-state index contributed by atoms with van der Waals surface area (Å²) in [6.07, 6.45) is 6.37. The minimum atomic E-state index is -0.496. The van der Waals surface area contributed by atoms with Gasteiger partial charge in [0.2, 0.25) is 0 Å². The first kappa shape index (κ1) is 18.2. The number of carbonyl (C=O) groups is 2. The van der Waals surface area contributed by atoms with E-state index in [1.165, 1.54) is 6.42 Å². The molecule has 1 aliphatic heterocycles. The second-order valence-corrected chi connectivity index (χ2v) is 6.66. The summed E-state index contributed by atoms with van der Waals surface area (Å²) < 4.78 is 5.30. The lowest BCUT2D eigenvalue weighted by atomic mass is 9.84. The number of carbonyl (C=O) groups excluding carboxylic acids is 2. The minimum absolute atomic E-state index is 0.171. The van der Waals surface area contributed by atoms with E-state index in [0.29, 0.717) is 6.54 Å². The number of rotatable bonds is 6. The fourth-order valence-corrected chi connectivity index (χ4v) is 3.38. The van der Waals surface area contributed by atoms with Gasteiger partial charge in [-0.25, -0.2) is 0 Å². The molecule has 6 heteroatoms. The highest BCUT2D eigenvalue weighted by Crippen LogP contribution is 2.26. The summed E-state index contributed by atoms with van der Waals surface area (Å²) >= 11 is 0. The van der Waals surface area contributed by atoms with Crippen LogP contribution in [0.5, 0.6) is 0 Å². The van der Waals surface area contributed by atoms with E-state index in [-0.39, 0.29) is 6.04 Å². The normalized spacial score (nSPS) is 25.8. The van der Waals surface area contributed by atoms with Crippen LogP contribution < -0.4 is 10.6 Å². The first-order chi connectivity index (χ1) is 11.2. The van der Waals surface area contributed by atoms with Crippen LogP contribution in [0.15, 0.2) is 0 Å². The smallest absolute Gasteiger partial charge is 0.309 e. The van der Waals surface area contributed by atoms with E-state index in [9.17, 15) is 9.59 Å². The molecule has 0 radical (unpaired) electrons. The van der Waals surface area contributed by atoms with Crippen LogP contribution in [0.1, 0.15) is 45.4 Å². The first-order valence-corrected chi connectivity index (χ1v) is 9.07. The number of nitrogens with one attached hydrogen (secondary N) is 2. The van der Waals surface area contributed by atoms with Crippen LogP contribution in [0, 0.1) is 5.92 Å². The Morgan fingerprint density at radius 1 is 1.09 bits per heavy atom. The van der Waals surface area contributed by atoms with E-state index in [2.05, 4.69) is 22.5 Å². The topological polar surface area (TPSA) is 70.7 Å². The molecule has 1 aliphatic carbocycles. The van der Waals surface area contributed by atoms with Crippen molar-refractivity contribution in [2.75, 3.05) is 39.4 Å². The summed E-state index contributed by atoms with van der Waals surface area (Å²) in [7, 11) is 0. The van der Waals surface area contributed by atoms with Crippen molar-refractivity contribution in [2.45, 2.75) is 51.5 Å². The third kappa shape index (κ3) is 6.47. The van der Waals surface area contributed by atoms with Crippen LogP contribution >= 0.6 is 0 Å². The fraction of sp³-hybridized carbons (Fsp3) is 0.882. The molecule has 0 spiro atoms. The van der Waals surface area contributed by atoms with Gasteiger partial charge in [0.25, 0.3) is 0 Å². The van der Waals surface area contributed by atoms with Gasteiger partial charge in [0.1, 0.15) is 0 Å². The average molecular weight is 325 g/mol. The van der Waals surface area contributed by atoms with Gasteiger partial charge in [-0.1, -0.05) is 13.3 Å². The Labute approximate surface area is 139 Å². The van der Waals surface area contributed by atoms with Gasteiger partial charge < -0.3 is 15.4 Å². The van der Waals surface area contributed by atoms with Gasteiger partial charge in [-0.15, -0.1) is 0 Å². The Bertz CT molecular complexity index is 375. The van der Waals surface area contributed by atoms with Gasteiger partial charge in [0, 0.05) is 25.7 Å². The molecular weight excluding hydrogens is 294 g/mol. The van der Waals surface area contributed by atoms with Gasteiger partial charge in [-0.05, 0) is 44.6 Å². The second kappa shape index (κ2) is 9.88. The van der Waals surface area contributed by atoms with E-state index in [4.69, 9.17) is 4.74 Å². The molecule has 0 aromatic carbocycles.